The summed E-state index contributed by atoms with van der Waals surface area (Å²) in [6.45, 7) is 11.3. The summed E-state index contributed by atoms with van der Waals surface area (Å²) >= 11 is 1.78. The van der Waals surface area contributed by atoms with E-state index < -0.39 is 35.6 Å². The number of hydrogen-bond donors (Lipinski definition) is 3. The third kappa shape index (κ3) is 9.54. The molecule has 4 amide bonds. The first kappa shape index (κ1) is 35.1. The number of nitrogens with zero attached hydrogens (tertiary/aromatic N) is 3. The highest BCUT2D eigenvalue weighted by Gasteiger charge is 2.32. The minimum absolute atomic E-state index is 0.0285. The lowest BCUT2D eigenvalue weighted by Crippen LogP contribution is -2.52. The van der Waals surface area contributed by atoms with Crippen molar-refractivity contribution in [1.82, 2.24) is 25.3 Å². The van der Waals surface area contributed by atoms with Gasteiger partial charge in [0.2, 0.25) is 17.7 Å². The molecule has 0 radical (unpaired) electrons. The van der Waals surface area contributed by atoms with Gasteiger partial charge in [-0.25, -0.2) is 4.39 Å². The molecule has 0 unspecified atom stereocenters. The summed E-state index contributed by atoms with van der Waals surface area (Å²) in [5, 5.41) is 12.4. The number of thioether (sulfide) groups is 1. The number of hydrogen-bond acceptors (Lipinski definition) is 6. The summed E-state index contributed by atoms with van der Waals surface area (Å²) in [4.78, 5) is 53.9. The van der Waals surface area contributed by atoms with Crippen LogP contribution in [0.25, 0.3) is 0 Å². The molecule has 3 rings (SSSR count). The number of anilines is 1. The average Bonchev–Trinajstić information content (AvgIpc) is 3.52. The second-order valence-electron chi connectivity index (χ2n) is 11.4. The average molecular weight is 631 g/mol. The molecule has 10 nitrogen and oxygen atoms in total. The number of aromatic nitrogens is 2. The molecular weight excluding hydrogens is 583 g/mol. The summed E-state index contributed by atoms with van der Waals surface area (Å²) in [5.74, 6) is -0.410. The van der Waals surface area contributed by atoms with E-state index in [-0.39, 0.29) is 23.9 Å². The molecule has 0 bridgehead atoms. The van der Waals surface area contributed by atoms with Crippen LogP contribution in [0.2, 0.25) is 0 Å². The third-order valence-corrected chi connectivity index (χ3v) is 9.20. The lowest BCUT2D eigenvalue weighted by Gasteiger charge is -2.33. The van der Waals surface area contributed by atoms with Crippen molar-refractivity contribution >= 4 is 41.1 Å². The predicted octanol–water partition coefficient (Wildman–Crippen LogP) is 4.57. The monoisotopic (exact) mass is 630 g/mol. The lowest BCUT2D eigenvalue weighted by molar-refractivity contribution is -0.136. The van der Waals surface area contributed by atoms with E-state index in [4.69, 9.17) is 0 Å². The van der Waals surface area contributed by atoms with Gasteiger partial charge in [-0.1, -0.05) is 53.0 Å². The molecule has 3 N–H and O–H groups in total. The van der Waals surface area contributed by atoms with E-state index in [9.17, 15) is 19.2 Å². The van der Waals surface area contributed by atoms with Crippen LogP contribution in [0, 0.1) is 11.7 Å². The van der Waals surface area contributed by atoms with Crippen LogP contribution in [-0.2, 0) is 20.9 Å². The van der Waals surface area contributed by atoms with E-state index in [1.54, 1.807) is 47.3 Å². The molecule has 1 aliphatic heterocycles. The van der Waals surface area contributed by atoms with E-state index >= 15 is 4.39 Å². The molecule has 2 aromatic rings. The third-order valence-electron chi connectivity index (χ3n) is 8.26. The van der Waals surface area contributed by atoms with E-state index in [0.29, 0.717) is 49.7 Å². The van der Waals surface area contributed by atoms with Gasteiger partial charge in [-0.15, -0.1) is 0 Å². The summed E-state index contributed by atoms with van der Waals surface area (Å²) in [6, 6.07) is 4.29. The van der Waals surface area contributed by atoms with Crippen molar-refractivity contribution in [1.29, 1.82) is 0 Å². The highest BCUT2D eigenvalue weighted by atomic mass is 32.2. The van der Waals surface area contributed by atoms with Crippen molar-refractivity contribution in [3.05, 3.63) is 47.5 Å². The van der Waals surface area contributed by atoms with Crippen LogP contribution in [0.4, 0.5) is 10.1 Å². The van der Waals surface area contributed by atoms with Crippen molar-refractivity contribution in [3.63, 3.8) is 0 Å². The quantitative estimate of drug-likeness (QED) is 0.265. The van der Waals surface area contributed by atoms with E-state index in [1.165, 1.54) is 18.3 Å². The number of carbonyl (C=O) groups excluding carboxylic acids is 4. The van der Waals surface area contributed by atoms with Crippen LogP contribution in [0.5, 0.6) is 0 Å². The standard InChI is InChI=1S/C32H47FN6O4S/c1-6-21(4)10-9-11-26(36-31(42)27-14-15-34-39(27)8-3)30(41)35-25-13-12-23(20-24(25)33)22(5)29(37-28(40)7-2)32(43)38-16-18-44-19-17-38/h12-15,20-22,26,29H,6-11,16-19H2,1-5H3,(H,35,41)(H,36,42)(H,37,40)/t21-,22-,26-,29+/m0/s1. The highest BCUT2D eigenvalue weighted by Crippen LogP contribution is 2.26. The molecule has 0 saturated carbocycles. The maximum Gasteiger partial charge on any atom is 0.270 e. The van der Waals surface area contributed by atoms with Gasteiger partial charge in [0.1, 0.15) is 23.6 Å². The lowest BCUT2D eigenvalue weighted by atomic mass is 9.91. The highest BCUT2D eigenvalue weighted by molar-refractivity contribution is 7.99. The first-order valence-corrected chi connectivity index (χ1v) is 16.8. The van der Waals surface area contributed by atoms with Gasteiger partial charge < -0.3 is 20.9 Å². The number of amides is 4. The molecule has 1 fully saturated rings. The Kier molecular flexibility index (Phi) is 13.7. The molecule has 1 aromatic heterocycles. The van der Waals surface area contributed by atoms with Crippen molar-refractivity contribution in [3.8, 4) is 0 Å². The topological polar surface area (TPSA) is 125 Å². The Hall–Kier alpha value is -3.41. The summed E-state index contributed by atoms with van der Waals surface area (Å²) < 4.78 is 17.0. The molecule has 1 aliphatic rings. The largest absolute Gasteiger partial charge is 0.344 e. The Morgan fingerprint density at radius 1 is 1.02 bits per heavy atom. The molecule has 44 heavy (non-hydrogen) atoms. The first-order valence-electron chi connectivity index (χ1n) is 15.7. The summed E-state index contributed by atoms with van der Waals surface area (Å²) in [5.41, 5.74) is 0.839. The SMILES string of the molecule is CCC(=O)N[C@@H](C(=O)N1CCSCC1)[C@@H](C)c1ccc(NC(=O)[C@H](CCC[C@@H](C)CC)NC(=O)c2ccnn2CC)c(F)c1. The normalized spacial score (nSPS) is 16.0. The van der Waals surface area contributed by atoms with Crippen molar-refractivity contribution < 1.29 is 23.6 Å². The van der Waals surface area contributed by atoms with Gasteiger partial charge >= 0.3 is 0 Å². The number of benzene rings is 1. The van der Waals surface area contributed by atoms with Gasteiger partial charge in [0.25, 0.3) is 5.91 Å². The predicted molar refractivity (Wildman–Crippen MR) is 172 cm³/mol. The molecule has 2 heterocycles. The fourth-order valence-electron chi connectivity index (χ4n) is 5.14. The van der Waals surface area contributed by atoms with Gasteiger partial charge in [-0.05, 0) is 43.0 Å². The van der Waals surface area contributed by atoms with Crippen LogP contribution in [0.1, 0.15) is 88.7 Å². The van der Waals surface area contributed by atoms with Crippen LogP contribution in [-0.4, -0.2) is 75.0 Å². The van der Waals surface area contributed by atoms with Crippen molar-refractivity contribution in [2.24, 2.45) is 5.92 Å². The van der Waals surface area contributed by atoms with Gasteiger partial charge in [0.15, 0.2) is 0 Å². The Balaban J connectivity index is 1.77. The van der Waals surface area contributed by atoms with Crippen LogP contribution < -0.4 is 16.0 Å². The number of nitrogens with one attached hydrogen (secondary N) is 3. The van der Waals surface area contributed by atoms with Gasteiger partial charge in [0.05, 0.1) is 5.69 Å². The number of aryl methyl sites for hydroxylation is 1. The Morgan fingerprint density at radius 2 is 1.75 bits per heavy atom. The minimum atomic E-state index is -0.876. The number of rotatable bonds is 15. The fraction of sp³-hybridized carbons (Fsp3) is 0.594. The van der Waals surface area contributed by atoms with Gasteiger partial charge in [-0.2, -0.15) is 16.9 Å². The van der Waals surface area contributed by atoms with E-state index in [0.717, 1.165) is 24.3 Å². The molecule has 0 aliphatic carbocycles. The zero-order valence-electron chi connectivity index (χ0n) is 26.5. The Labute approximate surface area is 264 Å². The fourth-order valence-corrected chi connectivity index (χ4v) is 6.04. The van der Waals surface area contributed by atoms with Crippen LogP contribution in [0.15, 0.2) is 30.5 Å². The van der Waals surface area contributed by atoms with Crippen LogP contribution in [0.3, 0.4) is 0 Å². The van der Waals surface area contributed by atoms with Gasteiger partial charge in [-0.3, -0.25) is 23.9 Å². The summed E-state index contributed by atoms with van der Waals surface area (Å²) in [7, 11) is 0. The first-order chi connectivity index (χ1) is 21.1. The number of carbonyl (C=O) groups is 4. The molecule has 1 saturated heterocycles. The minimum Gasteiger partial charge on any atom is -0.344 e. The van der Waals surface area contributed by atoms with E-state index in [1.807, 2.05) is 6.92 Å². The van der Waals surface area contributed by atoms with Crippen molar-refractivity contribution in [2.45, 2.75) is 91.3 Å². The number of halogens is 1. The molecule has 12 heteroatoms. The second-order valence-corrected chi connectivity index (χ2v) is 12.6. The molecule has 0 spiro atoms. The van der Waals surface area contributed by atoms with Gasteiger partial charge in [0, 0.05) is 49.7 Å². The molecule has 1 aromatic carbocycles. The maximum atomic E-state index is 15.5. The molecule has 242 valence electrons. The Morgan fingerprint density at radius 3 is 2.39 bits per heavy atom. The van der Waals surface area contributed by atoms with Crippen LogP contribution >= 0.6 is 11.8 Å². The van der Waals surface area contributed by atoms with Crippen molar-refractivity contribution in [2.75, 3.05) is 29.9 Å². The zero-order chi connectivity index (χ0) is 32.2. The summed E-state index contributed by atoms with van der Waals surface area (Å²) in [6.07, 6.45) is 4.78. The maximum absolute atomic E-state index is 15.5. The zero-order valence-corrected chi connectivity index (χ0v) is 27.3. The second kappa shape index (κ2) is 17.2. The smallest absolute Gasteiger partial charge is 0.270 e. The Bertz CT molecular complexity index is 1280. The molecule has 4 atom stereocenters. The molecular formula is C32H47FN6O4S. The van der Waals surface area contributed by atoms with E-state index in [2.05, 4.69) is 34.9 Å².